The van der Waals surface area contributed by atoms with Crippen LogP contribution in [0.3, 0.4) is 0 Å². The first-order chi connectivity index (χ1) is 12.3. The SMILES string of the molecule is COc1ccc(OCCC(=O)NCCc2csc3ccccc23)cc1. The molecule has 0 bridgehead atoms. The Hall–Kier alpha value is -2.53. The third kappa shape index (κ3) is 4.73. The second kappa shape index (κ2) is 8.53. The second-order valence-corrected chi connectivity index (χ2v) is 6.54. The lowest BCUT2D eigenvalue weighted by atomic mass is 10.1. The highest BCUT2D eigenvalue weighted by Gasteiger charge is 2.05. The molecule has 3 rings (SSSR count). The Balaban J connectivity index is 1.38. The van der Waals surface area contributed by atoms with Crippen molar-refractivity contribution in [2.24, 2.45) is 0 Å². The van der Waals surface area contributed by atoms with Gasteiger partial charge >= 0.3 is 0 Å². The van der Waals surface area contributed by atoms with Crippen molar-refractivity contribution in [3.05, 3.63) is 59.5 Å². The number of fused-ring (bicyclic) bond motifs is 1. The lowest BCUT2D eigenvalue weighted by molar-refractivity contribution is -0.121. The van der Waals surface area contributed by atoms with Gasteiger partial charge in [0, 0.05) is 11.2 Å². The number of ether oxygens (including phenoxy) is 2. The summed E-state index contributed by atoms with van der Waals surface area (Å²) in [5.41, 5.74) is 1.29. The summed E-state index contributed by atoms with van der Waals surface area (Å²) in [6.45, 7) is 1.00. The molecule has 1 heterocycles. The van der Waals surface area contributed by atoms with Gasteiger partial charge in [-0.25, -0.2) is 0 Å². The summed E-state index contributed by atoms with van der Waals surface area (Å²) in [6.07, 6.45) is 1.19. The number of thiophene rings is 1. The largest absolute Gasteiger partial charge is 0.497 e. The first kappa shape index (κ1) is 17.3. The van der Waals surface area contributed by atoms with Gasteiger partial charge in [-0.2, -0.15) is 0 Å². The summed E-state index contributed by atoms with van der Waals surface area (Å²) in [4.78, 5) is 11.9. The second-order valence-electron chi connectivity index (χ2n) is 5.63. The predicted molar refractivity (Wildman–Crippen MR) is 102 cm³/mol. The number of carbonyl (C=O) groups excluding carboxylic acids is 1. The topological polar surface area (TPSA) is 47.6 Å². The lowest BCUT2D eigenvalue weighted by Gasteiger charge is -2.08. The minimum absolute atomic E-state index is 0.00745. The van der Waals surface area contributed by atoms with Gasteiger partial charge in [0.2, 0.25) is 5.91 Å². The van der Waals surface area contributed by atoms with E-state index in [0.717, 1.165) is 17.9 Å². The van der Waals surface area contributed by atoms with Crippen molar-refractivity contribution >= 4 is 27.3 Å². The van der Waals surface area contributed by atoms with Crippen LogP contribution < -0.4 is 14.8 Å². The number of hydrogen-bond donors (Lipinski definition) is 1. The summed E-state index contributed by atoms with van der Waals surface area (Å²) in [6, 6.07) is 15.7. The van der Waals surface area contributed by atoms with E-state index in [2.05, 4.69) is 22.8 Å². The molecular weight excluding hydrogens is 334 g/mol. The Morgan fingerprint density at radius 3 is 2.64 bits per heavy atom. The molecule has 3 aromatic rings. The van der Waals surface area contributed by atoms with E-state index in [1.54, 1.807) is 18.4 Å². The first-order valence-electron chi connectivity index (χ1n) is 8.25. The Morgan fingerprint density at radius 2 is 1.84 bits per heavy atom. The number of amides is 1. The summed E-state index contributed by atoms with van der Waals surface area (Å²) in [5.74, 6) is 1.53. The Bertz CT molecular complexity index is 826. The number of benzene rings is 2. The predicted octanol–water partition coefficient (Wildman–Crippen LogP) is 4.04. The fourth-order valence-corrected chi connectivity index (χ4v) is 3.58. The third-order valence-corrected chi connectivity index (χ3v) is 4.95. The fraction of sp³-hybridized carbons (Fsp3) is 0.250. The minimum atomic E-state index is 0.00745. The number of carbonyl (C=O) groups is 1. The lowest BCUT2D eigenvalue weighted by Crippen LogP contribution is -2.26. The normalized spacial score (nSPS) is 10.6. The molecule has 1 aromatic heterocycles. The molecular formula is C20H21NO3S. The van der Waals surface area contributed by atoms with E-state index in [4.69, 9.17) is 9.47 Å². The van der Waals surface area contributed by atoms with Gasteiger partial charge in [0.15, 0.2) is 0 Å². The van der Waals surface area contributed by atoms with Crippen molar-refractivity contribution in [3.63, 3.8) is 0 Å². The molecule has 0 saturated carbocycles. The van der Waals surface area contributed by atoms with E-state index in [1.165, 1.54) is 15.6 Å². The van der Waals surface area contributed by atoms with E-state index in [0.29, 0.717) is 19.6 Å². The molecule has 0 spiro atoms. The molecule has 1 amide bonds. The number of methoxy groups -OCH3 is 1. The van der Waals surface area contributed by atoms with Gasteiger partial charge in [-0.15, -0.1) is 11.3 Å². The van der Waals surface area contributed by atoms with Crippen LogP contribution in [-0.2, 0) is 11.2 Å². The Morgan fingerprint density at radius 1 is 1.08 bits per heavy atom. The van der Waals surface area contributed by atoms with Crippen LogP contribution in [0.2, 0.25) is 0 Å². The van der Waals surface area contributed by atoms with Crippen molar-refractivity contribution in [2.75, 3.05) is 20.3 Å². The van der Waals surface area contributed by atoms with Crippen LogP contribution in [0, 0.1) is 0 Å². The van der Waals surface area contributed by atoms with Gasteiger partial charge < -0.3 is 14.8 Å². The van der Waals surface area contributed by atoms with Crippen molar-refractivity contribution in [1.29, 1.82) is 0 Å². The smallest absolute Gasteiger partial charge is 0.223 e. The molecule has 0 radical (unpaired) electrons. The summed E-state index contributed by atoms with van der Waals surface area (Å²) < 4.78 is 12.0. The average molecular weight is 355 g/mol. The molecule has 0 aliphatic heterocycles. The van der Waals surface area contributed by atoms with E-state index in [-0.39, 0.29) is 5.91 Å². The van der Waals surface area contributed by atoms with Crippen LogP contribution >= 0.6 is 11.3 Å². The zero-order valence-corrected chi connectivity index (χ0v) is 15.0. The zero-order chi connectivity index (χ0) is 17.5. The van der Waals surface area contributed by atoms with Crippen LogP contribution in [0.4, 0.5) is 0 Å². The Kier molecular flexibility index (Phi) is 5.90. The van der Waals surface area contributed by atoms with Gasteiger partial charge in [0.1, 0.15) is 11.5 Å². The van der Waals surface area contributed by atoms with E-state index in [1.807, 2.05) is 36.4 Å². The van der Waals surface area contributed by atoms with Crippen LogP contribution in [0.15, 0.2) is 53.9 Å². The summed E-state index contributed by atoms with van der Waals surface area (Å²) in [5, 5.41) is 6.41. The molecule has 0 aliphatic rings. The number of nitrogens with one attached hydrogen (secondary N) is 1. The monoisotopic (exact) mass is 355 g/mol. The van der Waals surface area contributed by atoms with Gasteiger partial charge in [-0.1, -0.05) is 18.2 Å². The fourth-order valence-electron chi connectivity index (χ4n) is 2.58. The highest BCUT2D eigenvalue weighted by atomic mass is 32.1. The van der Waals surface area contributed by atoms with Crippen molar-refractivity contribution in [2.45, 2.75) is 12.8 Å². The highest BCUT2D eigenvalue weighted by molar-refractivity contribution is 7.17. The third-order valence-electron chi connectivity index (χ3n) is 3.93. The van der Waals surface area contributed by atoms with Crippen molar-refractivity contribution in [3.8, 4) is 11.5 Å². The van der Waals surface area contributed by atoms with Gasteiger partial charge in [-0.05, 0) is 53.1 Å². The molecule has 1 N–H and O–H groups in total. The van der Waals surface area contributed by atoms with Crippen molar-refractivity contribution in [1.82, 2.24) is 5.32 Å². The van der Waals surface area contributed by atoms with E-state index < -0.39 is 0 Å². The van der Waals surface area contributed by atoms with Crippen LogP contribution in [0.25, 0.3) is 10.1 Å². The first-order valence-corrected chi connectivity index (χ1v) is 9.13. The molecule has 2 aromatic carbocycles. The molecule has 0 aliphatic carbocycles. The zero-order valence-electron chi connectivity index (χ0n) is 14.2. The number of hydrogen-bond acceptors (Lipinski definition) is 4. The average Bonchev–Trinajstić information content (AvgIpc) is 3.06. The quantitative estimate of drug-likeness (QED) is 0.663. The Labute approximate surface area is 151 Å². The molecule has 4 nitrogen and oxygen atoms in total. The molecule has 0 atom stereocenters. The molecule has 5 heteroatoms. The molecule has 0 saturated heterocycles. The van der Waals surface area contributed by atoms with Crippen LogP contribution in [-0.4, -0.2) is 26.2 Å². The molecule has 0 fully saturated rings. The van der Waals surface area contributed by atoms with Gasteiger partial charge in [0.25, 0.3) is 0 Å². The molecule has 0 unspecified atom stereocenters. The minimum Gasteiger partial charge on any atom is -0.497 e. The molecule has 25 heavy (non-hydrogen) atoms. The maximum absolute atomic E-state index is 11.9. The highest BCUT2D eigenvalue weighted by Crippen LogP contribution is 2.25. The summed E-state index contributed by atoms with van der Waals surface area (Å²) in [7, 11) is 1.62. The van der Waals surface area contributed by atoms with Crippen LogP contribution in [0.1, 0.15) is 12.0 Å². The standard InChI is InChI=1S/C20H21NO3S/c1-23-16-6-8-17(9-7-16)24-13-11-20(22)21-12-10-15-14-25-19-5-3-2-4-18(15)19/h2-9,14H,10-13H2,1H3,(H,21,22). The number of rotatable bonds is 8. The van der Waals surface area contributed by atoms with Gasteiger partial charge in [-0.3, -0.25) is 4.79 Å². The maximum Gasteiger partial charge on any atom is 0.223 e. The van der Waals surface area contributed by atoms with Crippen LogP contribution in [0.5, 0.6) is 11.5 Å². The van der Waals surface area contributed by atoms with E-state index >= 15 is 0 Å². The molecule has 130 valence electrons. The van der Waals surface area contributed by atoms with E-state index in [9.17, 15) is 4.79 Å². The van der Waals surface area contributed by atoms with Crippen molar-refractivity contribution < 1.29 is 14.3 Å². The maximum atomic E-state index is 11.9. The summed E-state index contributed by atoms with van der Waals surface area (Å²) >= 11 is 1.75. The van der Waals surface area contributed by atoms with Gasteiger partial charge in [0.05, 0.1) is 20.1 Å².